The quantitative estimate of drug-likeness (QED) is 0.708. The second kappa shape index (κ2) is 3.98. The minimum atomic E-state index is -0.955. The summed E-state index contributed by atoms with van der Waals surface area (Å²) in [5, 5.41) is 14.1. The third-order valence-electron chi connectivity index (χ3n) is 2.69. The Morgan fingerprint density at radius 1 is 1.50 bits per heavy atom. The molecule has 1 unspecified atom stereocenters. The summed E-state index contributed by atoms with van der Waals surface area (Å²) in [4.78, 5) is 5.92. The molecule has 5 nitrogen and oxygen atoms in total. The van der Waals surface area contributed by atoms with Crippen LogP contribution in [0.3, 0.4) is 0 Å². The fourth-order valence-corrected chi connectivity index (χ4v) is 2.99. The van der Waals surface area contributed by atoms with Crippen LogP contribution >= 0.6 is 11.3 Å². The van der Waals surface area contributed by atoms with Crippen molar-refractivity contribution in [3.63, 3.8) is 0 Å². The van der Waals surface area contributed by atoms with Crippen molar-refractivity contribution >= 4 is 16.2 Å². The topological polar surface area (TPSA) is 55.4 Å². The Bertz CT molecular complexity index is 746. The van der Waals surface area contributed by atoms with Gasteiger partial charge >= 0.3 is 0 Å². The van der Waals surface area contributed by atoms with Gasteiger partial charge in [-0.15, -0.1) is 17.8 Å². The molecule has 0 spiro atoms. The Balaban J connectivity index is 2.28. The molecule has 0 aliphatic rings. The first-order chi connectivity index (χ1) is 8.70. The predicted octanol–water partition coefficient (Wildman–Crippen LogP) is 1.46. The van der Waals surface area contributed by atoms with E-state index >= 15 is 0 Å². The van der Waals surface area contributed by atoms with Gasteiger partial charge in [-0.1, -0.05) is 5.92 Å². The standard InChI is InChI=1S/C12H10N4OS/c1-3-9(17)11-12(8-4-14-15(2)6-8)18-10-5-13-7-16(10)11/h1,4-7,9,17H,2H3. The molecule has 3 aromatic heterocycles. The lowest BCUT2D eigenvalue weighted by Crippen LogP contribution is -1.99. The largest absolute Gasteiger partial charge is 0.374 e. The van der Waals surface area contributed by atoms with Crippen molar-refractivity contribution in [2.24, 2.45) is 7.05 Å². The molecule has 0 saturated heterocycles. The first-order valence-corrected chi connectivity index (χ1v) is 6.10. The fourth-order valence-electron chi connectivity index (χ4n) is 1.89. The molecule has 18 heavy (non-hydrogen) atoms. The lowest BCUT2D eigenvalue weighted by molar-refractivity contribution is 0.233. The highest BCUT2D eigenvalue weighted by Gasteiger charge is 2.20. The van der Waals surface area contributed by atoms with Gasteiger partial charge in [-0.25, -0.2) is 4.98 Å². The van der Waals surface area contributed by atoms with Crippen LogP contribution in [0.4, 0.5) is 0 Å². The van der Waals surface area contributed by atoms with Gasteiger partial charge in [0.25, 0.3) is 0 Å². The summed E-state index contributed by atoms with van der Waals surface area (Å²) >= 11 is 1.53. The van der Waals surface area contributed by atoms with Crippen molar-refractivity contribution in [2.45, 2.75) is 6.10 Å². The van der Waals surface area contributed by atoms with Crippen molar-refractivity contribution in [3.8, 4) is 22.8 Å². The van der Waals surface area contributed by atoms with Gasteiger partial charge in [-0.05, 0) is 0 Å². The van der Waals surface area contributed by atoms with Crippen LogP contribution in [0.1, 0.15) is 11.8 Å². The van der Waals surface area contributed by atoms with Crippen LogP contribution in [0.15, 0.2) is 24.9 Å². The minimum Gasteiger partial charge on any atom is -0.374 e. The second-order valence-electron chi connectivity index (χ2n) is 3.89. The Kier molecular flexibility index (Phi) is 2.44. The number of thiazole rings is 1. The van der Waals surface area contributed by atoms with E-state index in [1.165, 1.54) is 11.3 Å². The van der Waals surface area contributed by atoms with Crippen molar-refractivity contribution in [1.82, 2.24) is 19.2 Å². The van der Waals surface area contributed by atoms with Gasteiger partial charge in [0.05, 0.1) is 23.0 Å². The van der Waals surface area contributed by atoms with E-state index in [0.29, 0.717) is 5.69 Å². The third kappa shape index (κ3) is 1.53. The van der Waals surface area contributed by atoms with Gasteiger partial charge < -0.3 is 5.11 Å². The molecule has 90 valence electrons. The highest BCUT2D eigenvalue weighted by atomic mass is 32.1. The molecule has 0 aliphatic heterocycles. The average Bonchev–Trinajstić information content (AvgIpc) is 3.01. The van der Waals surface area contributed by atoms with Crippen LogP contribution in [0, 0.1) is 12.3 Å². The Hall–Kier alpha value is -2.10. The maximum absolute atomic E-state index is 9.98. The van der Waals surface area contributed by atoms with E-state index < -0.39 is 6.10 Å². The number of aliphatic hydroxyl groups excluding tert-OH is 1. The van der Waals surface area contributed by atoms with Crippen LogP contribution < -0.4 is 0 Å². The Morgan fingerprint density at radius 3 is 3.00 bits per heavy atom. The van der Waals surface area contributed by atoms with E-state index in [1.807, 2.05) is 17.6 Å². The fraction of sp³-hybridized carbons (Fsp3) is 0.167. The van der Waals surface area contributed by atoms with Crippen molar-refractivity contribution in [1.29, 1.82) is 0 Å². The number of fused-ring (bicyclic) bond motifs is 1. The summed E-state index contributed by atoms with van der Waals surface area (Å²) in [6, 6.07) is 0. The number of aryl methyl sites for hydroxylation is 1. The summed E-state index contributed by atoms with van der Waals surface area (Å²) in [6.07, 6.45) is 11.4. The molecule has 0 aromatic carbocycles. The predicted molar refractivity (Wildman–Crippen MR) is 69.1 cm³/mol. The zero-order valence-electron chi connectivity index (χ0n) is 9.61. The Morgan fingerprint density at radius 2 is 2.33 bits per heavy atom. The van der Waals surface area contributed by atoms with Crippen molar-refractivity contribution in [3.05, 3.63) is 30.6 Å². The summed E-state index contributed by atoms with van der Waals surface area (Å²) in [5.41, 5.74) is 1.61. The zero-order valence-corrected chi connectivity index (χ0v) is 10.4. The number of hydrogen-bond donors (Lipinski definition) is 1. The van der Waals surface area contributed by atoms with E-state index in [-0.39, 0.29) is 0 Å². The van der Waals surface area contributed by atoms with E-state index in [1.54, 1.807) is 23.4 Å². The monoisotopic (exact) mass is 258 g/mol. The van der Waals surface area contributed by atoms with E-state index in [0.717, 1.165) is 15.3 Å². The number of terminal acetylenes is 1. The molecule has 0 fully saturated rings. The molecule has 0 saturated carbocycles. The SMILES string of the molecule is C#CC(O)c1c(-c2cnn(C)c2)sc2cncn12. The Labute approximate surface area is 107 Å². The first-order valence-electron chi connectivity index (χ1n) is 5.28. The highest BCUT2D eigenvalue weighted by molar-refractivity contribution is 7.20. The molecule has 0 radical (unpaired) electrons. The summed E-state index contributed by atoms with van der Waals surface area (Å²) in [5.74, 6) is 2.35. The normalized spacial score (nSPS) is 12.7. The number of rotatable bonds is 2. The van der Waals surface area contributed by atoms with Gasteiger partial charge in [0, 0.05) is 18.8 Å². The van der Waals surface area contributed by atoms with Gasteiger partial charge in [-0.2, -0.15) is 5.10 Å². The maximum Gasteiger partial charge on any atom is 0.156 e. The lowest BCUT2D eigenvalue weighted by Gasteiger charge is -2.04. The van der Waals surface area contributed by atoms with Crippen LogP contribution in [0.2, 0.25) is 0 Å². The van der Waals surface area contributed by atoms with Crippen LogP contribution in [-0.2, 0) is 7.05 Å². The van der Waals surface area contributed by atoms with Crippen molar-refractivity contribution in [2.75, 3.05) is 0 Å². The number of aromatic nitrogens is 4. The summed E-state index contributed by atoms with van der Waals surface area (Å²) in [6.45, 7) is 0. The van der Waals surface area contributed by atoms with Crippen LogP contribution in [0.5, 0.6) is 0 Å². The minimum absolute atomic E-state index is 0.669. The number of aliphatic hydroxyl groups is 1. The van der Waals surface area contributed by atoms with Crippen molar-refractivity contribution < 1.29 is 5.11 Å². The molecular formula is C12H10N4OS. The summed E-state index contributed by atoms with van der Waals surface area (Å²) < 4.78 is 3.53. The first kappa shape index (κ1) is 11.0. The molecule has 0 aliphatic carbocycles. The maximum atomic E-state index is 9.98. The smallest absolute Gasteiger partial charge is 0.156 e. The molecule has 3 heterocycles. The second-order valence-corrected chi connectivity index (χ2v) is 4.92. The molecular weight excluding hydrogens is 248 g/mol. The molecule has 3 aromatic rings. The number of imidazole rings is 1. The molecule has 1 N–H and O–H groups in total. The van der Waals surface area contributed by atoms with Crippen LogP contribution in [0.25, 0.3) is 15.3 Å². The zero-order chi connectivity index (χ0) is 12.7. The van der Waals surface area contributed by atoms with Gasteiger partial charge in [-0.3, -0.25) is 9.08 Å². The number of nitrogens with zero attached hydrogens (tertiary/aromatic N) is 4. The van der Waals surface area contributed by atoms with Gasteiger partial charge in [0.2, 0.25) is 0 Å². The third-order valence-corrected chi connectivity index (χ3v) is 3.85. The average molecular weight is 258 g/mol. The van der Waals surface area contributed by atoms with Gasteiger partial charge in [0.15, 0.2) is 6.10 Å². The summed E-state index contributed by atoms with van der Waals surface area (Å²) in [7, 11) is 1.85. The van der Waals surface area contributed by atoms with E-state index in [9.17, 15) is 5.11 Å². The van der Waals surface area contributed by atoms with E-state index in [2.05, 4.69) is 16.0 Å². The molecule has 3 rings (SSSR count). The molecule has 6 heteroatoms. The highest BCUT2D eigenvalue weighted by Crippen LogP contribution is 2.36. The lowest BCUT2D eigenvalue weighted by atomic mass is 10.2. The molecule has 0 amide bonds. The molecule has 0 bridgehead atoms. The number of hydrogen-bond acceptors (Lipinski definition) is 4. The molecule has 1 atom stereocenters. The van der Waals surface area contributed by atoms with Crippen LogP contribution in [-0.4, -0.2) is 24.3 Å². The van der Waals surface area contributed by atoms with E-state index in [4.69, 9.17) is 6.42 Å². The van der Waals surface area contributed by atoms with Gasteiger partial charge in [0.1, 0.15) is 11.2 Å².